The van der Waals surface area contributed by atoms with Crippen LogP contribution < -0.4 is 0 Å². The van der Waals surface area contributed by atoms with Crippen molar-refractivity contribution in [3.05, 3.63) is 135 Å². The van der Waals surface area contributed by atoms with Crippen molar-refractivity contribution in [2.24, 2.45) is 0 Å². The predicted octanol–water partition coefficient (Wildman–Crippen LogP) is 6.07. The maximum absolute atomic E-state index is 14.1. The van der Waals surface area contributed by atoms with Crippen molar-refractivity contribution in [2.45, 2.75) is 12.1 Å². The van der Waals surface area contributed by atoms with E-state index in [1.54, 1.807) is 0 Å². The van der Waals surface area contributed by atoms with Crippen molar-refractivity contribution >= 4 is 17.9 Å². The maximum atomic E-state index is 14.1. The SMILES string of the molecule is C=CCN(CC=C)C(/C=C/c1ccccc1)C(=O)C(/C=C/c1ccccc1)N(CC=C)CC=C. The second-order valence-electron chi connectivity index (χ2n) is 7.89. The molecule has 2 atom stereocenters. The number of benzene rings is 2. The third-order valence-corrected chi connectivity index (χ3v) is 5.37. The van der Waals surface area contributed by atoms with Gasteiger partial charge in [0.25, 0.3) is 0 Å². The van der Waals surface area contributed by atoms with Crippen LogP contribution in [0.25, 0.3) is 12.2 Å². The molecule has 176 valence electrons. The molecule has 0 saturated heterocycles. The molecular weight excluding hydrogens is 416 g/mol. The van der Waals surface area contributed by atoms with Crippen molar-refractivity contribution in [1.29, 1.82) is 0 Å². The molecule has 2 aromatic carbocycles. The molecule has 2 unspecified atom stereocenters. The van der Waals surface area contributed by atoms with Gasteiger partial charge in [-0.2, -0.15) is 0 Å². The summed E-state index contributed by atoms with van der Waals surface area (Å²) < 4.78 is 0. The molecule has 0 aromatic heterocycles. The van der Waals surface area contributed by atoms with Crippen LogP contribution >= 0.6 is 0 Å². The average molecular weight is 453 g/mol. The summed E-state index contributed by atoms with van der Waals surface area (Å²) in [7, 11) is 0. The standard InChI is InChI=1S/C31H36N2O/c1-5-23-32(24-6-2)29(21-19-27-15-11-9-12-16-27)31(34)30(33(25-7-3)26-8-4)22-20-28-17-13-10-14-18-28/h5-22,29-30H,1-4,23-26H2/b21-19+,22-20+. The van der Waals surface area contributed by atoms with Crippen LogP contribution in [0, 0.1) is 0 Å². The van der Waals surface area contributed by atoms with E-state index in [0.717, 1.165) is 11.1 Å². The van der Waals surface area contributed by atoms with E-state index in [0.29, 0.717) is 26.2 Å². The summed E-state index contributed by atoms with van der Waals surface area (Å²) >= 11 is 0. The van der Waals surface area contributed by atoms with Crippen molar-refractivity contribution in [2.75, 3.05) is 26.2 Å². The van der Waals surface area contributed by atoms with Gasteiger partial charge in [0.15, 0.2) is 5.78 Å². The molecule has 2 rings (SSSR count). The summed E-state index contributed by atoms with van der Waals surface area (Å²) in [5.41, 5.74) is 2.09. The summed E-state index contributed by atoms with van der Waals surface area (Å²) in [5.74, 6) is 0.0757. The van der Waals surface area contributed by atoms with Gasteiger partial charge in [0.1, 0.15) is 0 Å². The lowest BCUT2D eigenvalue weighted by Gasteiger charge is -2.33. The fourth-order valence-corrected chi connectivity index (χ4v) is 3.77. The highest BCUT2D eigenvalue weighted by Gasteiger charge is 2.30. The zero-order chi connectivity index (χ0) is 24.6. The number of carbonyl (C=O) groups excluding carboxylic acids is 1. The Kier molecular flexibility index (Phi) is 12.0. The first kappa shape index (κ1) is 26.7. The molecule has 0 radical (unpaired) electrons. The molecule has 2 aromatic rings. The van der Waals surface area contributed by atoms with E-state index in [9.17, 15) is 4.79 Å². The van der Waals surface area contributed by atoms with Crippen molar-refractivity contribution in [3.63, 3.8) is 0 Å². The third kappa shape index (κ3) is 8.43. The molecule has 0 fully saturated rings. The topological polar surface area (TPSA) is 23.6 Å². The highest BCUT2D eigenvalue weighted by atomic mass is 16.1. The van der Waals surface area contributed by atoms with E-state index in [-0.39, 0.29) is 5.78 Å². The van der Waals surface area contributed by atoms with Crippen molar-refractivity contribution < 1.29 is 4.79 Å². The first-order valence-electron chi connectivity index (χ1n) is 11.6. The van der Waals surface area contributed by atoms with Gasteiger partial charge in [0.2, 0.25) is 0 Å². The Morgan fingerprint density at radius 3 is 1.24 bits per heavy atom. The number of rotatable bonds is 16. The highest BCUT2D eigenvalue weighted by Crippen LogP contribution is 2.16. The molecule has 0 N–H and O–H groups in total. The summed E-state index contributed by atoms with van der Waals surface area (Å²) in [6.45, 7) is 17.9. The van der Waals surface area contributed by atoms with Crippen LogP contribution in [-0.4, -0.2) is 53.8 Å². The quantitative estimate of drug-likeness (QED) is 0.289. The molecule has 0 heterocycles. The first-order valence-corrected chi connectivity index (χ1v) is 11.6. The molecule has 0 amide bonds. The maximum Gasteiger partial charge on any atom is 0.174 e. The van der Waals surface area contributed by atoms with Crippen LogP contribution in [-0.2, 0) is 4.79 Å². The molecule has 34 heavy (non-hydrogen) atoms. The monoisotopic (exact) mass is 452 g/mol. The van der Waals surface area contributed by atoms with E-state index < -0.39 is 12.1 Å². The lowest BCUT2D eigenvalue weighted by Crippen LogP contribution is -2.50. The van der Waals surface area contributed by atoms with Crippen molar-refractivity contribution in [1.82, 2.24) is 9.80 Å². The normalized spacial score (nSPS) is 13.2. The summed E-state index contributed by atoms with van der Waals surface area (Å²) in [6.07, 6.45) is 15.2. The Morgan fingerprint density at radius 2 is 0.941 bits per heavy atom. The van der Waals surface area contributed by atoms with Crippen LogP contribution in [0.15, 0.2) is 123 Å². The van der Waals surface area contributed by atoms with Gasteiger partial charge < -0.3 is 0 Å². The minimum Gasteiger partial charge on any atom is -0.295 e. The number of hydrogen-bond acceptors (Lipinski definition) is 3. The molecule has 0 aliphatic rings. The lowest BCUT2D eigenvalue weighted by molar-refractivity contribution is -0.125. The minimum absolute atomic E-state index is 0.0757. The van der Waals surface area contributed by atoms with Crippen LogP contribution in [0.4, 0.5) is 0 Å². The second-order valence-corrected chi connectivity index (χ2v) is 7.89. The third-order valence-electron chi connectivity index (χ3n) is 5.37. The van der Waals surface area contributed by atoms with Gasteiger partial charge in [-0.3, -0.25) is 14.6 Å². The fourth-order valence-electron chi connectivity index (χ4n) is 3.77. The van der Waals surface area contributed by atoms with Crippen LogP contribution in [0.2, 0.25) is 0 Å². The second kappa shape index (κ2) is 15.3. The zero-order valence-electron chi connectivity index (χ0n) is 20.0. The van der Waals surface area contributed by atoms with Gasteiger partial charge in [-0.1, -0.05) is 109 Å². The fraction of sp³-hybridized carbons (Fsp3) is 0.194. The van der Waals surface area contributed by atoms with Gasteiger partial charge >= 0.3 is 0 Å². The summed E-state index contributed by atoms with van der Waals surface area (Å²) in [5, 5.41) is 0. The Morgan fingerprint density at radius 1 is 0.618 bits per heavy atom. The summed E-state index contributed by atoms with van der Waals surface area (Å²) in [4.78, 5) is 18.3. The van der Waals surface area contributed by atoms with E-state index in [4.69, 9.17) is 0 Å². The van der Waals surface area contributed by atoms with Crippen LogP contribution in [0.1, 0.15) is 11.1 Å². The number of hydrogen-bond donors (Lipinski definition) is 0. The summed E-state index contributed by atoms with van der Waals surface area (Å²) in [6, 6.07) is 19.1. The van der Waals surface area contributed by atoms with Gasteiger partial charge in [0.05, 0.1) is 12.1 Å². The van der Waals surface area contributed by atoms with E-state index in [1.807, 2.05) is 109 Å². The number of Topliss-reactive ketones (excluding diaryl/α,β-unsaturated/α-hetero) is 1. The van der Waals surface area contributed by atoms with E-state index in [2.05, 4.69) is 36.1 Å². The number of nitrogens with zero attached hydrogens (tertiary/aromatic N) is 2. The van der Waals surface area contributed by atoms with Gasteiger partial charge in [-0.15, -0.1) is 26.3 Å². The minimum atomic E-state index is -0.459. The molecule has 3 nitrogen and oxygen atoms in total. The van der Waals surface area contributed by atoms with Crippen LogP contribution in [0.5, 0.6) is 0 Å². The Labute approximate surface area is 205 Å². The molecule has 3 heteroatoms. The van der Waals surface area contributed by atoms with Gasteiger partial charge in [0, 0.05) is 26.2 Å². The lowest BCUT2D eigenvalue weighted by atomic mass is 9.98. The van der Waals surface area contributed by atoms with Crippen molar-refractivity contribution in [3.8, 4) is 0 Å². The molecular formula is C31H36N2O. The van der Waals surface area contributed by atoms with Gasteiger partial charge in [-0.05, 0) is 11.1 Å². The average Bonchev–Trinajstić information content (AvgIpc) is 2.86. The van der Waals surface area contributed by atoms with E-state index in [1.165, 1.54) is 0 Å². The zero-order valence-corrected chi connectivity index (χ0v) is 20.0. The van der Waals surface area contributed by atoms with Gasteiger partial charge in [-0.25, -0.2) is 0 Å². The smallest absolute Gasteiger partial charge is 0.174 e. The number of carbonyl (C=O) groups is 1. The molecule has 0 saturated carbocycles. The first-order chi connectivity index (χ1) is 16.6. The molecule has 0 spiro atoms. The molecule has 0 bridgehead atoms. The number of ketones is 1. The van der Waals surface area contributed by atoms with Crippen LogP contribution in [0.3, 0.4) is 0 Å². The molecule has 0 aliphatic carbocycles. The Balaban J connectivity index is 2.50. The Hall–Kier alpha value is -3.53. The Bertz CT molecular complexity index is 876. The predicted molar refractivity (Wildman–Crippen MR) is 147 cm³/mol. The van der Waals surface area contributed by atoms with E-state index >= 15 is 0 Å². The highest BCUT2D eigenvalue weighted by molar-refractivity contribution is 5.93. The molecule has 0 aliphatic heterocycles. The largest absolute Gasteiger partial charge is 0.295 e.